The maximum absolute atomic E-state index is 13.8. The van der Waals surface area contributed by atoms with Crippen molar-refractivity contribution in [2.45, 2.75) is 51.1 Å². The minimum absolute atomic E-state index is 0.0489. The highest BCUT2D eigenvalue weighted by atomic mass is 16.5. The predicted octanol–water partition coefficient (Wildman–Crippen LogP) is 2.40. The zero-order chi connectivity index (χ0) is 33.9. The summed E-state index contributed by atoms with van der Waals surface area (Å²) in [5.41, 5.74) is 2.82. The average molecular weight is 641 g/mol. The van der Waals surface area contributed by atoms with E-state index in [-0.39, 0.29) is 25.2 Å². The van der Waals surface area contributed by atoms with Crippen LogP contribution in [0.1, 0.15) is 30.7 Å². The van der Waals surface area contributed by atoms with Gasteiger partial charge in [0, 0.05) is 11.8 Å². The third-order valence-electron chi connectivity index (χ3n) is 7.80. The van der Waals surface area contributed by atoms with Crippen molar-refractivity contribution < 1.29 is 33.9 Å². The lowest BCUT2D eigenvalue weighted by molar-refractivity contribution is -0.132. The van der Waals surface area contributed by atoms with Gasteiger partial charge in [0.25, 0.3) is 0 Å². The highest BCUT2D eigenvalue weighted by molar-refractivity contribution is 6.43. The first-order valence-corrected chi connectivity index (χ1v) is 15.4. The second-order valence-corrected chi connectivity index (χ2v) is 11.7. The van der Waals surface area contributed by atoms with Crippen molar-refractivity contribution in [3.63, 3.8) is 0 Å². The number of methoxy groups -OCH3 is 2. The molecule has 0 aliphatic heterocycles. The molecule has 0 saturated heterocycles. The Labute approximate surface area is 274 Å². The van der Waals surface area contributed by atoms with Crippen LogP contribution in [0.5, 0.6) is 11.5 Å². The van der Waals surface area contributed by atoms with Crippen molar-refractivity contribution >= 4 is 35.7 Å². The fourth-order valence-electron chi connectivity index (χ4n) is 5.13. The minimum atomic E-state index is -1.85. The summed E-state index contributed by atoms with van der Waals surface area (Å²) in [6.45, 7) is 3.53. The van der Waals surface area contributed by atoms with Gasteiger partial charge in [-0.2, -0.15) is 0 Å². The van der Waals surface area contributed by atoms with E-state index in [9.17, 15) is 24.4 Å². The summed E-state index contributed by atoms with van der Waals surface area (Å²) < 4.78 is 10.4. The number of hydrogen-bond donors (Lipinski definition) is 5. The lowest BCUT2D eigenvalue weighted by atomic mass is 9.75. The van der Waals surface area contributed by atoms with Crippen LogP contribution in [0.2, 0.25) is 0 Å². The molecule has 1 aromatic heterocycles. The van der Waals surface area contributed by atoms with E-state index >= 15 is 0 Å². The SMILES string of the molecule is COc1ccc(C[C@H](NC(=O)[C@@H](NC(=O)[C@H](Cc2ccc(OC)cc2)NC(=O)Cc2ccc3ccccc3n2)C(C)C)B(O)O)cc1. The van der Waals surface area contributed by atoms with Crippen molar-refractivity contribution in [2.24, 2.45) is 5.92 Å². The Kier molecular flexibility index (Phi) is 12.3. The van der Waals surface area contributed by atoms with Crippen LogP contribution in [0.3, 0.4) is 0 Å². The number of nitrogens with zero attached hydrogens (tertiary/aromatic N) is 1. The second kappa shape index (κ2) is 16.6. The number of benzene rings is 3. The van der Waals surface area contributed by atoms with E-state index < -0.39 is 42.9 Å². The average Bonchev–Trinajstić information content (AvgIpc) is 3.06. The topological polar surface area (TPSA) is 159 Å². The van der Waals surface area contributed by atoms with E-state index in [0.717, 1.165) is 22.0 Å². The molecule has 246 valence electrons. The molecule has 4 aromatic rings. The molecular weight excluding hydrogens is 599 g/mol. The summed E-state index contributed by atoms with van der Waals surface area (Å²) in [4.78, 5) is 45.1. The third-order valence-corrected chi connectivity index (χ3v) is 7.80. The molecule has 4 rings (SSSR count). The summed E-state index contributed by atoms with van der Waals surface area (Å²) in [6.07, 6.45) is 0.229. The maximum atomic E-state index is 13.8. The van der Waals surface area contributed by atoms with Gasteiger partial charge in [-0.05, 0) is 59.9 Å². The van der Waals surface area contributed by atoms with Gasteiger partial charge >= 0.3 is 7.12 Å². The standard InChI is InChI=1S/C35H41BN4O7/c1-22(2)33(35(43)39-31(36(44)45)20-24-11-17-28(47-4)18-12-24)40-34(42)30(19-23-9-15-27(46-3)16-10-23)38-32(41)21-26-14-13-25-7-5-6-8-29(25)37-26/h5-18,22,30-31,33,44-45H,19-21H2,1-4H3,(H,38,41)(H,39,43)(H,40,42)/t30-,31-,33-/m0/s1. The first-order chi connectivity index (χ1) is 22.6. The molecule has 0 fully saturated rings. The molecule has 12 heteroatoms. The highest BCUT2D eigenvalue weighted by Gasteiger charge is 2.33. The molecule has 0 spiro atoms. The van der Waals surface area contributed by atoms with Crippen molar-refractivity contribution in [1.29, 1.82) is 0 Å². The zero-order valence-corrected chi connectivity index (χ0v) is 27.0. The van der Waals surface area contributed by atoms with Gasteiger partial charge < -0.3 is 35.5 Å². The van der Waals surface area contributed by atoms with Gasteiger partial charge in [-0.15, -0.1) is 0 Å². The molecule has 47 heavy (non-hydrogen) atoms. The molecular formula is C35H41BN4O7. The van der Waals surface area contributed by atoms with E-state index in [1.165, 1.54) is 0 Å². The molecule has 3 aromatic carbocycles. The number of carbonyl (C=O) groups is 3. The number of pyridine rings is 1. The fraction of sp³-hybridized carbons (Fsp3) is 0.314. The van der Waals surface area contributed by atoms with Gasteiger partial charge in [-0.3, -0.25) is 19.4 Å². The van der Waals surface area contributed by atoms with E-state index in [0.29, 0.717) is 17.2 Å². The minimum Gasteiger partial charge on any atom is -0.497 e. The fourth-order valence-corrected chi connectivity index (χ4v) is 5.13. The molecule has 0 bridgehead atoms. The number of fused-ring (bicyclic) bond motifs is 1. The van der Waals surface area contributed by atoms with Gasteiger partial charge in [0.05, 0.1) is 37.8 Å². The number of amides is 3. The largest absolute Gasteiger partial charge is 0.497 e. The summed E-state index contributed by atoms with van der Waals surface area (Å²) in [6, 6.07) is 23.3. The number of carbonyl (C=O) groups excluding carboxylic acids is 3. The van der Waals surface area contributed by atoms with Gasteiger partial charge in [0.15, 0.2) is 0 Å². The lowest BCUT2D eigenvalue weighted by Gasteiger charge is -2.27. The molecule has 0 unspecified atom stereocenters. The first kappa shape index (κ1) is 34.9. The summed E-state index contributed by atoms with van der Waals surface area (Å²) in [7, 11) is 1.25. The number of nitrogens with one attached hydrogen (secondary N) is 3. The Morgan fingerprint density at radius 2 is 1.34 bits per heavy atom. The van der Waals surface area contributed by atoms with Gasteiger partial charge in [-0.25, -0.2) is 0 Å². The zero-order valence-electron chi connectivity index (χ0n) is 27.0. The first-order valence-electron chi connectivity index (χ1n) is 15.4. The normalized spacial score (nSPS) is 12.9. The molecule has 3 amide bonds. The molecule has 0 saturated carbocycles. The van der Waals surface area contributed by atoms with Crippen molar-refractivity contribution in [2.75, 3.05) is 14.2 Å². The van der Waals surface area contributed by atoms with Crippen LogP contribution in [0.25, 0.3) is 10.9 Å². The number of hydrogen-bond acceptors (Lipinski definition) is 8. The molecule has 0 radical (unpaired) electrons. The Morgan fingerprint density at radius 3 is 1.91 bits per heavy atom. The molecule has 5 N–H and O–H groups in total. The van der Waals surface area contributed by atoms with Crippen LogP contribution >= 0.6 is 0 Å². The van der Waals surface area contributed by atoms with E-state index in [2.05, 4.69) is 20.9 Å². The maximum Gasteiger partial charge on any atom is 0.475 e. The Hall–Kier alpha value is -4.94. The van der Waals surface area contributed by atoms with Crippen LogP contribution in [0.15, 0.2) is 84.9 Å². The van der Waals surface area contributed by atoms with Crippen LogP contribution in [0, 0.1) is 5.92 Å². The number of aromatic nitrogens is 1. The van der Waals surface area contributed by atoms with Gasteiger partial charge in [0.2, 0.25) is 17.7 Å². The van der Waals surface area contributed by atoms with E-state index in [4.69, 9.17) is 9.47 Å². The number of ether oxygens (including phenoxy) is 2. The van der Waals surface area contributed by atoms with Crippen LogP contribution < -0.4 is 25.4 Å². The summed E-state index contributed by atoms with van der Waals surface area (Å²) in [5, 5.41) is 29.4. The molecule has 3 atom stereocenters. The quantitative estimate of drug-likeness (QED) is 0.124. The second-order valence-electron chi connectivity index (χ2n) is 11.7. The Morgan fingerprint density at radius 1 is 0.745 bits per heavy atom. The number of rotatable bonds is 15. The summed E-state index contributed by atoms with van der Waals surface area (Å²) >= 11 is 0. The van der Waals surface area contributed by atoms with Crippen LogP contribution in [0.4, 0.5) is 0 Å². The van der Waals surface area contributed by atoms with Gasteiger partial charge in [0.1, 0.15) is 23.6 Å². The number of para-hydroxylation sites is 1. The molecule has 0 aliphatic rings. The van der Waals surface area contributed by atoms with Crippen molar-refractivity contribution in [3.8, 4) is 11.5 Å². The molecule has 1 heterocycles. The molecule has 0 aliphatic carbocycles. The smallest absolute Gasteiger partial charge is 0.475 e. The summed E-state index contributed by atoms with van der Waals surface area (Å²) in [5.74, 6) is -1.68. The van der Waals surface area contributed by atoms with E-state index in [1.54, 1.807) is 82.7 Å². The van der Waals surface area contributed by atoms with E-state index in [1.807, 2.05) is 30.3 Å². The lowest BCUT2D eigenvalue weighted by Crippen LogP contribution is -2.59. The molecule has 11 nitrogen and oxygen atoms in total. The predicted molar refractivity (Wildman–Crippen MR) is 180 cm³/mol. The van der Waals surface area contributed by atoms with Crippen molar-refractivity contribution in [3.05, 3.63) is 102 Å². The third kappa shape index (κ3) is 10.0. The highest BCUT2D eigenvalue weighted by Crippen LogP contribution is 2.16. The van der Waals surface area contributed by atoms with Crippen molar-refractivity contribution in [1.82, 2.24) is 20.9 Å². The van der Waals surface area contributed by atoms with Crippen LogP contribution in [-0.4, -0.2) is 72.1 Å². The Balaban J connectivity index is 1.49. The monoisotopic (exact) mass is 640 g/mol. The van der Waals surface area contributed by atoms with Gasteiger partial charge in [-0.1, -0.05) is 62.4 Å². The van der Waals surface area contributed by atoms with Crippen LogP contribution in [-0.2, 0) is 33.6 Å². The Bertz CT molecular complexity index is 1650.